The second-order valence-corrected chi connectivity index (χ2v) is 9.71. The van der Waals surface area contributed by atoms with Gasteiger partial charge in [-0.2, -0.15) is 14.1 Å². The summed E-state index contributed by atoms with van der Waals surface area (Å²) >= 11 is 0. The summed E-state index contributed by atoms with van der Waals surface area (Å²) in [5.41, 5.74) is 1.69. The number of nitrogens with one attached hydrogen (secondary N) is 2. The maximum atomic E-state index is 12.8. The van der Waals surface area contributed by atoms with Crippen LogP contribution in [0, 0.1) is 20.8 Å². The van der Waals surface area contributed by atoms with Crippen molar-refractivity contribution in [2.45, 2.75) is 38.5 Å². The van der Waals surface area contributed by atoms with E-state index in [9.17, 15) is 18.0 Å². The van der Waals surface area contributed by atoms with Crippen LogP contribution in [-0.4, -0.2) is 51.5 Å². The summed E-state index contributed by atoms with van der Waals surface area (Å²) in [6.45, 7) is 6.18. The van der Waals surface area contributed by atoms with Gasteiger partial charge in [0.05, 0.1) is 10.6 Å². The Morgan fingerprint density at radius 2 is 1.75 bits per heavy atom. The van der Waals surface area contributed by atoms with Crippen molar-refractivity contribution in [2.24, 2.45) is 0 Å². The fraction of sp³-hybridized carbons (Fsp3) is 0.333. The first-order valence-electron chi connectivity index (χ1n) is 10.2. The normalized spacial score (nSPS) is 14.6. The topological polar surface area (TPSA) is 130 Å². The van der Waals surface area contributed by atoms with Gasteiger partial charge in [-0.15, -0.1) is 0 Å². The van der Waals surface area contributed by atoms with Gasteiger partial charge in [0.1, 0.15) is 5.82 Å². The molecule has 0 saturated carbocycles. The summed E-state index contributed by atoms with van der Waals surface area (Å²) in [5, 5.41) is 7.07. The van der Waals surface area contributed by atoms with Gasteiger partial charge in [0.25, 0.3) is 11.5 Å². The Bertz CT molecular complexity index is 1340. The number of aromatic nitrogens is 4. The maximum Gasteiger partial charge on any atom is 0.256 e. The van der Waals surface area contributed by atoms with Crippen molar-refractivity contribution in [3.63, 3.8) is 0 Å². The Morgan fingerprint density at radius 1 is 1.09 bits per heavy atom. The molecule has 0 atom stereocenters. The minimum absolute atomic E-state index is 0.161. The Kier molecular flexibility index (Phi) is 5.70. The van der Waals surface area contributed by atoms with Crippen molar-refractivity contribution in [3.05, 3.63) is 63.2 Å². The molecule has 0 unspecified atom stereocenters. The summed E-state index contributed by atoms with van der Waals surface area (Å²) < 4.78 is 28.1. The summed E-state index contributed by atoms with van der Waals surface area (Å²) in [6.07, 6.45) is 1.71. The zero-order valence-corrected chi connectivity index (χ0v) is 18.9. The number of carbonyl (C=O) groups excluding carboxylic acids is 1. The second-order valence-electron chi connectivity index (χ2n) is 7.77. The summed E-state index contributed by atoms with van der Waals surface area (Å²) in [7, 11) is -3.55. The van der Waals surface area contributed by atoms with Gasteiger partial charge in [-0.25, -0.2) is 13.4 Å². The molecule has 1 aromatic carbocycles. The van der Waals surface area contributed by atoms with Crippen molar-refractivity contribution in [2.75, 3.05) is 18.4 Å². The van der Waals surface area contributed by atoms with Gasteiger partial charge in [0.15, 0.2) is 0 Å². The maximum absolute atomic E-state index is 12.8. The summed E-state index contributed by atoms with van der Waals surface area (Å²) in [4.78, 5) is 32.1. The van der Waals surface area contributed by atoms with Crippen LogP contribution >= 0.6 is 0 Å². The average Bonchev–Trinajstić information content (AvgIpc) is 3.42. The molecule has 0 bridgehead atoms. The lowest BCUT2D eigenvalue weighted by Gasteiger charge is -2.15. The number of carbonyl (C=O) groups is 1. The molecule has 3 aromatic rings. The molecular weight excluding hydrogens is 432 g/mol. The number of hydrogen-bond donors (Lipinski definition) is 2. The van der Waals surface area contributed by atoms with Gasteiger partial charge in [0.2, 0.25) is 16.0 Å². The number of sulfonamides is 1. The molecule has 2 aromatic heterocycles. The van der Waals surface area contributed by atoms with E-state index in [1.54, 1.807) is 26.8 Å². The van der Waals surface area contributed by atoms with Gasteiger partial charge in [-0.3, -0.25) is 14.6 Å². The molecule has 1 fully saturated rings. The Morgan fingerprint density at radius 3 is 2.38 bits per heavy atom. The highest BCUT2D eigenvalue weighted by atomic mass is 32.2. The van der Waals surface area contributed by atoms with Crippen LogP contribution < -0.4 is 10.9 Å². The number of hydrogen-bond acceptors (Lipinski definition) is 6. The quantitative estimate of drug-likeness (QED) is 0.603. The molecule has 10 nitrogen and oxygen atoms in total. The lowest BCUT2D eigenvalue weighted by Crippen LogP contribution is -2.27. The Labute approximate surface area is 185 Å². The van der Waals surface area contributed by atoms with Crippen molar-refractivity contribution in [3.8, 4) is 5.95 Å². The molecule has 1 aliphatic rings. The van der Waals surface area contributed by atoms with E-state index < -0.39 is 15.9 Å². The molecule has 168 valence electrons. The lowest BCUT2D eigenvalue weighted by molar-refractivity contribution is 0.102. The number of amides is 1. The number of nitrogens with zero attached hydrogens (tertiary/aromatic N) is 4. The Hall–Kier alpha value is -3.31. The molecule has 4 rings (SSSR count). The fourth-order valence-corrected chi connectivity index (χ4v) is 5.04. The summed E-state index contributed by atoms with van der Waals surface area (Å²) in [6, 6.07) is 7.48. The van der Waals surface area contributed by atoms with Crippen LogP contribution in [0.2, 0.25) is 0 Å². The number of benzene rings is 1. The molecule has 32 heavy (non-hydrogen) atoms. The van der Waals surface area contributed by atoms with Crippen LogP contribution in [0.1, 0.15) is 40.2 Å². The molecule has 1 amide bonds. The van der Waals surface area contributed by atoms with E-state index in [1.807, 2.05) is 0 Å². The van der Waals surface area contributed by atoms with Crippen LogP contribution in [0.4, 0.5) is 5.82 Å². The van der Waals surface area contributed by atoms with Gasteiger partial charge in [-0.1, -0.05) is 0 Å². The number of anilines is 1. The molecule has 3 heterocycles. The minimum Gasteiger partial charge on any atom is -0.306 e. The van der Waals surface area contributed by atoms with E-state index in [4.69, 9.17) is 0 Å². The first-order valence-corrected chi connectivity index (χ1v) is 11.7. The highest BCUT2D eigenvalue weighted by molar-refractivity contribution is 7.89. The lowest BCUT2D eigenvalue weighted by atomic mass is 10.2. The van der Waals surface area contributed by atoms with Crippen LogP contribution in [0.25, 0.3) is 5.95 Å². The average molecular weight is 457 g/mol. The number of aryl methyl sites for hydroxylation is 2. The molecular formula is C21H24N6O4S. The molecule has 11 heteroatoms. The smallest absolute Gasteiger partial charge is 0.256 e. The molecule has 0 spiro atoms. The Balaban J connectivity index is 1.58. The van der Waals surface area contributed by atoms with Crippen molar-refractivity contribution < 1.29 is 13.2 Å². The van der Waals surface area contributed by atoms with E-state index in [2.05, 4.69) is 20.4 Å². The van der Waals surface area contributed by atoms with Gasteiger partial charge < -0.3 is 5.32 Å². The zero-order chi connectivity index (χ0) is 23.0. The van der Waals surface area contributed by atoms with Crippen LogP contribution in [0.3, 0.4) is 0 Å². The van der Waals surface area contributed by atoms with E-state index in [1.165, 1.54) is 33.3 Å². The largest absolute Gasteiger partial charge is 0.306 e. The number of rotatable bonds is 5. The van der Waals surface area contributed by atoms with E-state index in [0.29, 0.717) is 35.9 Å². The van der Waals surface area contributed by atoms with Gasteiger partial charge in [-0.05, 0) is 57.9 Å². The fourth-order valence-electron chi connectivity index (χ4n) is 3.52. The van der Waals surface area contributed by atoms with Crippen molar-refractivity contribution in [1.29, 1.82) is 0 Å². The SMILES string of the molecule is Cc1cc(NC(=O)c2ccc(S(=O)(=O)N3CCCC3)cc2)n(-c2nc(C)c(C)c(=O)[nH]2)n1. The van der Waals surface area contributed by atoms with Crippen molar-refractivity contribution in [1.82, 2.24) is 24.1 Å². The van der Waals surface area contributed by atoms with Gasteiger partial charge in [0, 0.05) is 36.0 Å². The van der Waals surface area contributed by atoms with E-state index >= 15 is 0 Å². The van der Waals surface area contributed by atoms with Crippen LogP contribution in [0.15, 0.2) is 40.0 Å². The molecule has 1 aliphatic heterocycles. The van der Waals surface area contributed by atoms with E-state index in [0.717, 1.165) is 12.8 Å². The highest BCUT2D eigenvalue weighted by Crippen LogP contribution is 2.22. The molecule has 2 N–H and O–H groups in total. The summed E-state index contributed by atoms with van der Waals surface area (Å²) in [5.74, 6) is 0.0728. The van der Waals surface area contributed by atoms with Gasteiger partial charge >= 0.3 is 0 Å². The standard InChI is InChI=1S/C21H24N6O4S/c1-13-12-18(27(25-13)21-22-15(3)14(2)19(28)24-21)23-20(29)16-6-8-17(9-7-16)32(30,31)26-10-4-5-11-26/h6-9,12H,4-5,10-11H2,1-3H3,(H,23,29)(H,22,24,28). The number of H-pyrrole nitrogens is 1. The first-order chi connectivity index (χ1) is 15.2. The minimum atomic E-state index is -3.55. The van der Waals surface area contributed by atoms with Crippen molar-refractivity contribution >= 4 is 21.7 Å². The third-order valence-electron chi connectivity index (χ3n) is 5.48. The third-order valence-corrected chi connectivity index (χ3v) is 7.39. The monoisotopic (exact) mass is 456 g/mol. The third kappa shape index (κ3) is 4.08. The first kappa shape index (κ1) is 21.9. The van der Waals surface area contributed by atoms with E-state index in [-0.39, 0.29) is 22.0 Å². The second kappa shape index (κ2) is 8.32. The van der Waals surface area contributed by atoms with Crippen LogP contribution in [0.5, 0.6) is 0 Å². The predicted octanol–water partition coefficient (Wildman–Crippen LogP) is 1.92. The molecule has 1 saturated heterocycles. The molecule has 0 radical (unpaired) electrons. The highest BCUT2D eigenvalue weighted by Gasteiger charge is 2.27. The molecule has 0 aliphatic carbocycles. The number of aromatic amines is 1. The van der Waals surface area contributed by atoms with Crippen LogP contribution in [-0.2, 0) is 10.0 Å². The predicted molar refractivity (Wildman–Crippen MR) is 119 cm³/mol. The zero-order valence-electron chi connectivity index (χ0n) is 18.0.